The number of nitrogens with zero attached hydrogens (tertiary/aromatic N) is 2. The van der Waals surface area contributed by atoms with E-state index in [1.165, 1.54) is 0 Å². The summed E-state index contributed by atoms with van der Waals surface area (Å²) in [5.74, 6) is 0.772. The molecule has 1 aromatic carbocycles. The zero-order valence-corrected chi connectivity index (χ0v) is 12.3. The van der Waals surface area contributed by atoms with E-state index in [4.69, 9.17) is 4.74 Å². The van der Waals surface area contributed by atoms with Crippen LogP contribution in [0.15, 0.2) is 45.9 Å². The Labute approximate surface area is 120 Å². The minimum Gasteiger partial charge on any atom is -0.491 e. The summed E-state index contributed by atoms with van der Waals surface area (Å²) in [5.41, 5.74) is 0.774. The second-order valence-electron chi connectivity index (χ2n) is 4.04. The van der Waals surface area contributed by atoms with E-state index in [0.717, 1.165) is 22.3 Å². The predicted molar refractivity (Wildman–Crippen MR) is 77.5 cm³/mol. The van der Waals surface area contributed by atoms with Gasteiger partial charge in [-0.05, 0) is 34.5 Å². The summed E-state index contributed by atoms with van der Waals surface area (Å²) in [6.45, 7) is 2.88. The zero-order chi connectivity index (χ0) is 13.7. The molecule has 0 aliphatic heterocycles. The SMILES string of the molecule is CCc1cc(=O)n(CCOc2ccccc2Br)cn1. The molecular weight excluding hydrogens is 308 g/mol. The minimum absolute atomic E-state index is 0.0393. The van der Waals surface area contributed by atoms with Crippen molar-refractivity contribution in [2.45, 2.75) is 19.9 Å². The van der Waals surface area contributed by atoms with Gasteiger partial charge in [0.05, 0.1) is 17.3 Å². The summed E-state index contributed by atoms with van der Waals surface area (Å²) in [6.07, 6.45) is 2.34. The predicted octanol–water partition coefficient (Wildman–Crippen LogP) is 2.65. The summed E-state index contributed by atoms with van der Waals surface area (Å²) >= 11 is 3.41. The first-order valence-electron chi connectivity index (χ1n) is 6.13. The van der Waals surface area contributed by atoms with Crippen molar-refractivity contribution in [2.24, 2.45) is 0 Å². The van der Waals surface area contributed by atoms with Gasteiger partial charge in [0.2, 0.25) is 0 Å². The maximum atomic E-state index is 11.8. The molecule has 2 rings (SSSR count). The highest BCUT2D eigenvalue weighted by atomic mass is 79.9. The number of hydrogen-bond acceptors (Lipinski definition) is 3. The molecule has 19 heavy (non-hydrogen) atoms. The van der Waals surface area contributed by atoms with Crippen LogP contribution < -0.4 is 10.3 Å². The number of halogens is 1. The molecule has 1 heterocycles. The highest BCUT2D eigenvalue weighted by Crippen LogP contribution is 2.23. The van der Waals surface area contributed by atoms with E-state index in [-0.39, 0.29) is 5.56 Å². The first kappa shape index (κ1) is 13.8. The van der Waals surface area contributed by atoms with Gasteiger partial charge >= 0.3 is 0 Å². The summed E-state index contributed by atoms with van der Waals surface area (Å²) in [5, 5.41) is 0. The van der Waals surface area contributed by atoms with Crippen LogP contribution in [-0.4, -0.2) is 16.2 Å². The van der Waals surface area contributed by atoms with E-state index in [2.05, 4.69) is 20.9 Å². The van der Waals surface area contributed by atoms with Crippen molar-refractivity contribution < 1.29 is 4.74 Å². The van der Waals surface area contributed by atoms with Crippen LogP contribution in [0.1, 0.15) is 12.6 Å². The molecule has 0 saturated heterocycles. The van der Waals surface area contributed by atoms with Gasteiger partial charge in [0.15, 0.2) is 0 Å². The van der Waals surface area contributed by atoms with Crippen LogP contribution in [0.2, 0.25) is 0 Å². The summed E-state index contributed by atoms with van der Waals surface area (Å²) in [7, 11) is 0. The molecule has 0 aliphatic rings. The number of aryl methyl sites for hydroxylation is 1. The van der Waals surface area contributed by atoms with Gasteiger partial charge in [0.1, 0.15) is 12.4 Å². The quantitative estimate of drug-likeness (QED) is 0.850. The maximum absolute atomic E-state index is 11.8. The number of rotatable bonds is 5. The van der Waals surface area contributed by atoms with E-state index < -0.39 is 0 Å². The Morgan fingerprint density at radius 3 is 2.84 bits per heavy atom. The molecule has 0 atom stereocenters. The molecule has 0 N–H and O–H groups in total. The highest BCUT2D eigenvalue weighted by Gasteiger charge is 2.01. The molecule has 1 aromatic heterocycles. The summed E-state index contributed by atoms with van der Waals surface area (Å²) in [4.78, 5) is 16.0. The third-order valence-electron chi connectivity index (χ3n) is 2.72. The summed E-state index contributed by atoms with van der Waals surface area (Å²) in [6, 6.07) is 9.20. The fourth-order valence-electron chi connectivity index (χ4n) is 1.64. The molecule has 0 unspecified atom stereocenters. The number of hydrogen-bond donors (Lipinski definition) is 0. The van der Waals surface area contributed by atoms with Crippen LogP contribution in [0.3, 0.4) is 0 Å². The molecule has 5 heteroatoms. The van der Waals surface area contributed by atoms with E-state index in [9.17, 15) is 4.79 Å². The van der Waals surface area contributed by atoms with Gasteiger partial charge in [-0.15, -0.1) is 0 Å². The smallest absolute Gasteiger partial charge is 0.253 e. The topological polar surface area (TPSA) is 44.1 Å². The third-order valence-corrected chi connectivity index (χ3v) is 3.38. The number of benzene rings is 1. The highest BCUT2D eigenvalue weighted by molar-refractivity contribution is 9.10. The number of aromatic nitrogens is 2. The standard InChI is InChI=1S/C14H15BrN2O2/c1-2-11-9-14(18)17(10-16-11)7-8-19-13-6-4-3-5-12(13)15/h3-6,9-10H,2,7-8H2,1H3. The van der Waals surface area contributed by atoms with Gasteiger partial charge in [-0.3, -0.25) is 9.36 Å². The lowest BCUT2D eigenvalue weighted by atomic mass is 10.3. The fourth-order valence-corrected chi connectivity index (χ4v) is 2.04. The van der Waals surface area contributed by atoms with Crippen molar-refractivity contribution in [1.29, 1.82) is 0 Å². The molecule has 0 bridgehead atoms. The molecule has 0 amide bonds. The molecule has 0 radical (unpaired) electrons. The fraction of sp³-hybridized carbons (Fsp3) is 0.286. The van der Waals surface area contributed by atoms with E-state index in [1.807, 2.05) is 31.2 Å². The van der Waals surface area contributed by atoms with Gasteiger partial charge < -0.3 is 4.74 Å². The van der Waals surface area contributed by atoms with Crippen LogP contribution in [0, 0.1) is 0 Å². The van der Waals surface area contributed by atoms with E-state index >= 15 is 0 Å². The van der Waals surface area contributed by atoms with Crippen LogP contribution in [0.4, 0.5) is 0 Å². The largest absolute Gasteiger partial charge is 0.491 e. The second-order valence-corrected chi connectivity index (χ2v) is 4.90. The average Bonchev–Trinajstić information content (AvgIpc) is 2.42. The normalized spacial score (nSPS) is 10.4. The lowest BCUT2D eigenvalue weighted by Crippen LogP contribution is -2.23. The van der Waals surface area contributed by atoms with Crippen molar-refractivity contribution in [2.75, 3.05) is 6.61 Å². The molecule has 0 aliphatic carbocycles. The molecule has 0 saturated carbocycles. The Balaban J connectivity index is 1.96. The van der Waals surface area contributed by atoms with Gasteiger partial charge in [-0.1, -0.05) is 19.1 Å². The van der Waals surface area contributed by atoms with Crippen molar-refractivity contribution in [3.8, 4) is 5.75 Å². The molecule has 2 aromatic rings. The zero-order valence-electron chi connectivity index (χ0n) is 10.7. The first-order valence-corrected chi connectivity index (χ1v) is 6.92. The van der Waals surface area contributed by atoms with Crippen molar-refractivity contribution in [1.82, 2.24) is 9.55 Å². The molecule has 4 nitrogen and oxygen atoms in total. The van der Waals surface area contributed by atoms with Crippen LogP contribution >= 0.6 is 15.9 Å². The second kappa shape index (κ2) is 6.52. The molecular formula is C14H15BrN2O2. The average molecular weight is 323 g/mol. The Kier molecular flexibility index (Phi) is 4.74. The number of para-hydroxylation sites is 1. The minimum atomic E-state index is -0.0393. The molecule has 0 fully saturated rings. The van der Waals surface area contributed by atoms with Crippen LogP contribution in [0.25, 0.3) is 0 Å². The Morgan fingerprint density at radius 2 is 2.16 bits per heavy atom. The first-order chi connectivity index (χ1) is 9.20. The van der Waals surface area contributed by atoms with Crippen molar-refractivity contribution in [3.05, 3.63) is 57.2 Å². The van der Waals surface area contributed by atoms with Crippen LogP contribution in [0.5, 0.6) is 5.75 Å². The van der Waals surface area contributed by atoms with Crippen molar-refractivity contribution >= 4 is 15.9 Å². The third kappa shape index (κ3) is 3.67. The monoisotopic (exact) mass is 322 g/mol. The van der Waals surface area contributed by atoms with E-state index in [1.54, 1.807) is 17.0 Å². The Morgan fingerprint density at radius 1 is 1.37 bits per heavy atom. The Hall–Kier alpha value is -1.62. The number of ether oxygens (including phenoxy) is 1. The lowest BCUT2D eigenvalue weighted by Gasteiger charge is -2.09. The van der Waals surface area contributed by atoms with Crippen molar-refractivity contribution in [3.63, 3.8) is 0 Å². The molecule has 0 spiro atoms. The lowest BCUT2D eigenvalue weighted by molar-refractivity contribution is 0.294. The van der Waals surface area contributed by atoms with Gasteiger partial charge in [-0.2, -0.15) is 0 Å². The summed E-state index contributed by atoms with van der Waals surface area (Å²) < 4.78 is 8.07. The van der Waals surface area contributed by atoms with E-state index in [0.29, 0.717) is 13.2 Å². The Bertz CT molecular complexity index is 610. The van der Waals surface area contributed by atoms with Gasteiger partial charge in [-0.25, -0.2) is 4.98 Å². The van der Waals surface area contributed by atoms with Gasteiger partial charge in [0.25, 0.3) is 5.56 Å². The maximum Gasteiger partial charge on any atom is 0.253 e. The van der Waals surface area contributed by atoms with Gasteiger partial charge in [0, 0.05) is 11.8 Å². The van der Waals surface area contributed by atoms with Crippen LogP contribution in [-0.2, 0) is 13.0 Å². The molecule has 100 valence electrons.